The largest absolute Gasteiger partial charge is 0.300 e. The maximum Gasteiger partial charge on any atom is 0.300 e. The smallest absolute Gasteiger partial charge is 0.279 e. The maximum atomic E-state index is 12.5. The zero-order chi connectivity index (χ0) is 14.1. The highest BCUT2D eigenvalue weighted by Gasteiger charge is 2.11. The summed E-state index contributed by atoms with van der Waals surface area (Å²) in [6.45, 7) is 4.01. The average molecular weight is 267 g/mol. The molecule has 0 saturated heterocycles. The van der Waals surface area contributed by atoms with E-state index in [9.17, 15) is 4.79 Å². The third kappa shape index (κ3) is 1.91. The van der Waals surface area contributed by atoms with Gasteiger partial charge in [-0.3, -0.25) is 9.36 Å². The number of rotatable bonds is 2. The number of aryl methyl sites for hydroxylation is 1. The Morgan fingerprint density at radius 2 is 2.05 bits per heavy atom. The molecule has 0 atom stereocenters. The number of hydrogen-bond donors (Lipinski definition) is 0. The first-order valence-corrected chi connectivity index (χ1v) is 6.18. The topological polar surface area (TPSA) is 65.6 Å². The fraction of sp³-hybridized carbons (Fsp3) is 0.143. The van der Waals surface area contributed by atoms with Crippen molar-refractivity contribution in [3.63, 3.8) is 0 Å². The highest BCUT2D eigenvalue weighted by atomic mass is 16.1. The van der Waals surface area contributed by atoms with E-state index in [4.69, 9.17) is 0 Å². The first-order chi connectivity index (χ1) is 9.68. The summed E-state index contributed by atoms with van der Waals surface area (Å²) in [5.74, 6) is 0.228. The van der Waals surface area contributed by atoms with Crippen molar-refractivity contribution in [3.05, 3.63) is 64.7 Å². The van der Waals surface area contributed by atoms with Gasteiger partial charge in [-0.1, -0.05) is 12.1 Å². The number of nitrogens with zero attached hydrogens (tertiary/aromatic N) is 5. The Bertz CT molecular complexity index is 805. The van der Waals surface area contributed by atoms with Crippen LogP contribution < -0.4 is 5.56 Å². The molecule has 0 bridgehead atoms. The van der Waals surface area contributed by atoms with Crippen molar-refractivity contribution in [2.75, 3.05) is 0 Å². The normalized spacial score (nSPS) is 10.7. The Kier molecular flexibility index (Phi) is 2.90. The minimum Gasteiger partial charge on any atom is -0.279 e. The Balaban J connectivity index is 2.24. The number of aromatic nitrogens is 5. The highest BCUT2D eigenvalue weighted by molar-refractivity contribution is 5.45. The third-order valence-electron chi connectivity index (χ3n) is 3.29. The predicted molar refractivity (Wildman–Crippen MR) is 74.2 cm³/mol. The van der Waals surface area contributed by atoms with Crippen molar-refractivity contribution >= 4 is 0 Å². The van der Waals surface area contributed by atoms with Crippen LogP contribution in [-0.4, -0.2) is 24.3 Å². The van der Waals surface area contributed by atoms with Gasteiger partial charge < -0.3 is 0 Å². The number of benzene rings is 1. The minimum absolute atomic E-state index is 0.228. The van der Waals surface area contributed by atoms with Crippen LogP contribution in [0, 0.1) is 13.8 Å². The fourth-order valence-electron chi connectivity index (χ4n) is 2.06. The van der Waals surface area contributed by atoms with Gasteiger partial charge >= 0.3 is 0 Å². The van der Waals surface area contributed by atoms with Crippen molar-refractivity contribution in [1.29, 1.82) is 0 Å². The van der Waals surface area contributed by atoms with Gasteiger partial charge in [0.05, 0.1) is 5.69 Å². The van der Waals surface area contributed by atoms with Gasteiger partial charge in [0.25, 0.3) is 5.56 Å². The molecule has 0 aliphatic carbocycles. The SMILES string of the molecule is Cc1cccc(-n2ccnc(-n3cncn3)c2=O)c1C. The molecule has 0 spiro atoms. The molecule has 20 heavy (non-hydrogen) atoms. The lowest BCUT2D eigenvalue weighted by molar-refractivity contribution is 0.799. The summed E-state index contributed by atoms with van der Waals surface area (Å²) >= 11 is 0. The molecule has 0 amide bonds. The molecule has 0 fully saturated rings. The van der Waals surface area contributed by atoms with E-state index >= 15 is 0 Å². The summed E-state index contributed by atoms with van der Waals surface area (Å²) in [7, 11) is 0. The molecular weight excluding hydrogens is 254 g/mol. The molecule has 0 N–H and O–H groups in total. The summed E-state index contributed by atoms with van der Waals surface area (Å²) in [6, 6.07) is 5.86. The van der Waals surface area contributed by atoms with E-state index in [-0.39, 0.29) is 11.4 Å². The lowest BCUT2D eigenvalue weighted by atomic mass is 10.1. The quantitative estimate of drug-likeness (QED) is 0.704. The second-order valence-corrected chi connectivity index (χ2v) is 4.49. The Morgan fingerprint density at radius 3 is 2.80 bits per heavy atom. The van der Waals surface area contributed by atoms with Gasteiger partial charge in [-0.15, -0.1) is 0 Å². The lowest BCUT2D eigenvalue weighted by Gasteiger charge is -2.11. The Morgan fingerprint density at radius 1 is 1.20 bits per heavy atom. The Hall–Kier alpha value is -2.76. The van der Waals surface area contributed by atoms with Crippen LogP contribution in [0.5, 0.6) is 0 Å². The molecular formula is C14H13N5O. The van der Waals surface area contributed by atoms with Crippen LogP contribution in [0.3, 0.4) is 0 Å². The van der Waals surface area contributed by atoms with Crippen molar-refractivity contribution in [2.45, 2.75) is 13.8 Å². The van der Waals surface area contributed by atoms with Crippen LogP contribution in [0.4, 0.5) is 0 Å². The molecule has 6 heteroatoms. The highest BCUT2D eigenvalue weighted by Crippen LogP contribution is 2.15. The van der Waals surface area contributed by atoms with E-state index in [1.54, 1.807) is 17.0 Å². The van der Waals surface area contributed by atoms with Gasteiger partial charge in [0.2, 0.25) is 5.82 Å². The second-order valence-electron chi connectivity index (χ2n) is 4.49. The van der Waals surface area contributed by atoms with Gasteiger partial charge in [-0.25, -0.2) is 9.97 Å². The molecule has 0 radical (unpaired) electrons. The molecule has 1 aromatic carbocycles. The van der Waals surface area contributed by atoms with Crippen LogP contribution in [0.15, 0.2) is 48.0 Å². The van der Waals surface area contributed by atoms with E-state index in [1.165, 1.54) is 17.3 Å². The molecule has 0 aliphatic rings. The van der Waals surface area contributed by atoms with Crippen molar-refractivity contribution in [1.82, 2.24) is 24.3 Å². The number of hydrogen-bond acceptors (Lipinski definition) is 4. The van der Waals surface area contributed by atoms with Crippen LogP contribution in [0.25, 0.3) is 11.5 Å². The zero-order valence-electron chi connectivity index (χ0n) is 11.2. The van der Waals surface area contributed by atoms with E-state index in [0.29, 0.717) is 0 Å². The third-order valence-corrected chi connectivity index (χ3v) is 3.29. The monoisotopic (exact) mass is 267 g/mol. The standard InChI is InChI=1S/C14H13N5O/c1-10-4-3-5-12(11(10)2)18-7-6-16-13(14(18)20)19-9-15-8-17-19/h3-9H,1-2H3. The van der Waals surface area contributed by atoms with E-state index in [1.807, 2.05) is 32.0 Å². The molecule has 2 aromatic heterocycles. The fourth-order valence-corrected chi connectivity index (χ4v) is 2.06. The summed E-state index contributed by atoms with van der Waals surface area (Å²) < 4.78 is 2.94. The van der Waals surface area contributed by atoms with Gasteiger partial charge in [0.15, 0.2) is 0 Å². The molecule has 6 nitrogen and oxygen atoms in total. The summed E-state index contributed by atoms with van der Waals surface area (Å²) in [4.78, 5) is 20.5. The van der Waals surface area contributed by atoms with Crippen molar-refractivity contribution in [3.8, 4) is 11.5 Å². The molecule has 3 aromatic rings. The summed E-state index contributed by atoms with van der Waals surface area (Å²) in [6.07, 6.45) is 6.07. The van der Waals surface area contributed by atoms with Crippen LogP contribution in [0.2, 0.25) is 0 Å². The molecule has 0 saturated carbocycles. The predicted octanol–water partition coefficient (Wildman–Crippen LogP) is 1.43. The van der Waals surface area contributed by atoms with E-state index in [2.05, 4.69) is 15.1 Å². The first kappa shape index (κ1) is 12.3. The summed E-state index contributed by atoms with van der Waals surface area (Å²) in [5, 5.41) is 3.95. The molecule has 2 heterocycles. The van der Waals surface area contributed by atoms with Gasteiger partial charge in [0.1, 0.15) is 12.7 Å². The lowest BCUT2D eigenvalue weighted by Crippen LogP contribution is -2.25. The molecule has 0 unspecified atom stereocenters. The van der Waals surface area contributed by atoms with Gasteiger partial charge in [-0.05, 0) is 31.0 Å². The van der Waals surface area contributed by atoms with Crippen LogP contribution in [0.1, 0.15) is 11.1 Å². The van der Waals surface area contributed by atoms with Crippen molar-refractivity contribution < 1.29 is 0 Å². The van der Waals surface area contributed by atoms with Crippen LogP contribution in [-0.2, 0) is 0 Å². The minimum atomic E-state index is -0.230. The second kappa shape index (κ2) is 4.73. The van der Waals surface area contributed by atoms with Crippen molar-refractivity contribution in [2.24, 2.45) is 0 Å². The van der Waals surface area contributed by atoms with Gasteiger partial charge in [-0.2, -0.15) is 9.78 Å². The average Bonchev–Trinajstić information content (AvgIpc) is 2.96. The maximum absolute atomic E-state index is 12.5. The molecule has 0 aliphatic heterocycles. The molecule has 3 rings (SSSR count). The van der Waals surface area contributed by atoms with E-state index < -0.39 is 0 Å². The van der Waals surface area contributed by atoms with Crippen LogP contribution >= 0.6 is 0 Å². The summed E-state index contributed by atoms with van der Waals surface area (Å²) in [5.41, 5.74) is 2.81. The Labute approximate surface area is 115 Å². The zero-order valence-corrected chi connectivity index (χ0v) is 11.2. The first-order valence-electron chi connectivity index (χ1n) is 6.18. The van der Waals surface area contributed by atoms with E-state index in [0.717, 1.165) is 16.8 Å². The van der Waals surface area contributed by atoms with Gasteiger partial charge in [0, 0.05) is 12.4 Å². The molecule has 100 valence electrons.